The van der Waals surface area contributed by atoms with Crippen LogP contribution in [0.2, 0.25) is 5.82 Å². The Hall–Kier alpha value is 0.129. The second-order valence-corrected chi connectivity index (χ2v) is 6.46. The van der Waals surface area contributed by atoms with E-state index in [1.54, 1.807) is 18.9 Å². The molecule has 0 bridgehead atoms. The second kappa shape index (κ2) is 4.55. The van der Waals surface area contributed by atoms with Crippen LogP contribution >= 0.6 is 11.8 Å². The van der Waals surface area contributed by atoms with E-state index < -0.39 is 0 Å². The van der Waals surface area contributed by atoms with E-state index in [4.69, 9.17) is 9.47 Å². The van der Waals surface area contributed by atoms with Gasteiger partial charge in [0.25, 0.3) is 0 Å². The number of hydrogen-bond acceptors (Lipinski definition) is 5. The van der Waals surface area contributed by atoms with Crippen molar-refractivity contribution < 1.29 is 14.3 Å². The zero-order chi connectivity index (χ0) is 11.0. The molecule has 0 aromatic heterocycles. The molecule has 0 spiro atoms. The number of methoxy groups -OCH3 is 2. The zero-order valence-corrected chi connectivity index (χ0v) is 11.7. The fourth-order valence-corrected chi connectivity index (χ4v) is 6.02. The molecular weight excluding hydrogens is 281 g/mol. The molecule has 0 N–H and O–H groups in total. The summed E-state index contributed by atoms with van der Waals surface area (Å²) in [6.07, 6.45) is 0.231. The Labute approximate surface area is 99.4 Å². The van der Waals surface area contributed by atoms with Crippen LogP contribution in [0.4, 0.5) is 0 Å². The number of thioether (sulfide) groups is 1. The molecule has 0 radical (unpaired) electrons. The zero-order valence-electron chi connectivity index (χ0n) is 8.97. The van der Waals surface area contributed by atoms with E-state index in [2.05, 4.69) is 10.7 Å². The standard InChI is InChI=1S/C9H15NO3SSe/c1-12-6-7-10(8(6)15-3)5(4-14-7)9(11)13-2/h5-7,15H,4H2,1-3H3. The van der Waals surface area contributed by atoms with Gasteiger partial charge in [0.15, 0.2) is 0 Å². The van der Waals surface area contributed by atoms with Crippen molar-refractivity contribution >= 4 is 36.8 Å². The average molecular weight is 296 g/mol. The quantitative estimate of drug-likeness (QED) is 0.510. The Morgan fingerprint density at radius 3 is 2.87 bits per heavy atom. The summed E-state index contributed by atoms with van der Waals surface area (Å²) >= 11 is 1.92. The van der Waals surface area contributed by atoms with Crippen molar-refractivity contribution in [3.8, 4) is 0 Å². The van der Waals surface area contributed by atoms with Gasteiger partial charge in [0.05, 0.1) is 0 Å². The van der Waals surface area contributed by atoms with Crippen LogP contribution in [0, 0.1) is 0 Å². The molecule has 0 aliphatic carbocycles. The van der Waals surface area contributed by atoms with Crippen molar-refractivity contribution in [2.24, 2.45) is 0 Å². The monoisotopic (exact) mass is 297 g/mol. The summed E-state index contributed by atoms with van der Waals surface area (Å²) in [6, 6.07) is -0.0818. The molecule has 3 unspecified atom stereocenters. The SMILES string of the molecule is COC(=O)C1CSC2C(OC)C(=[SeH]C)N12. The average Bonchev–Trinajstić information content (AvgIpc) is 2.59. The molecule has 2 saturated heterocycles. The van der Waals surface area contributed by atoms with E-state index in [0.717, 1.165) is 5.75 Å². The van der Waals surface area contributed by atoms with Gasteiger partial charge in [0.1, 0.15) is 0 Å². The molecule has 2 rings (SSSR count). The van der Waals surface area contributed by atoms with Crippen molar-refractivity contribution in [2.75, 3.05) is 20.0 Å². The van der Waals surface area contributed by atoms with Gasteiger partial charge >= 0.3 is 99.3 Å². The molecule has 2 aliphatic rings. The first-order valence-electron chi connectivity index (χ1n) is 4.71. The summed E-state index contributed by atoms with van der Waals surface area (Å²) in [4.78, 5) is 13.7. The Balaban J connectivity index is 2.14. The molecule has 0 aromatic rings. The van der Waals surface area contributed by atoms with Gasteiger partial charge in [-0.15, -0.1) is 0 Å². The third-order valence-corrected chi connectivity index (χ3v) is 6.07. The number of fused-ring (bicyclic) bond motifs is 1. The van der Waals surface area contributed by atoms with Crippen molar-refractivity contribution in [3.05, 3.63) is 0 Å². The predicted octanol–water partition coefficient (Wildman–Crippen LogP) is -0.454. The fourth-order valence-electron chi connectivity index (χ4n) is 2.03. The molecule has 2 fully saturated rings. The Morgan fingerprint density at radius 1 is 1.60 bits per heavy atom. The van der Waals surface area contributed by atoms with Gasteiger partial charge in [-0.1, -0.05) is 0 Å². The number of nitrogens with zero attached hydrogens (tertiary/aromatic N) is 1. The van der Waals surface area contributed by atoms with Crippen LogP contribution < -0.4 is 0 Å². The van der Waals surface area contributed by atoms with Gasteiger partial charge in [-0.05, 0) is 0 Å². The van der Waals surface area contributed by atoms with Gasteiger partial charge in [-0.25, -0.2) is 0 Å². The molecular formula is C9H15NO3SSe. The number of esters is 1. The minimum atomic E-state index is -0.119. The van der Waals surface area contributed by atoms with Gasteiger partial charge in [-0.2, -0.15) is 0 Å². The minimum absolute atomic E-state index is 0.0818. The third kappa shape index (κ3) is 1.68. The number of carbonyl (C=O) groups excluding carboxylic acids is 1. The van der Waals surface area contributed by atoms with Crippen molar-refractivity contribution in [2.45, 2.75) is 23.3 Å². The molecule has 6 heteroatoms. The van der Waals surface area contributed by atoms with Crippen LogP contribution in [0.1, 0.15) is 0 Å². The van der Waals surface area contributed by atoms with Crippen LogP contribution in [0.3, 0.4) is 0 Å². The molecule has 4 nitrogen and oxygen atoms in total. The summed E-state index contributed by atoms with van der Waals surface area (Å²) in [5.74, 6) is 2.89. The van der Waals surface area contributed by atoms with Gasteiger partial charge in [0.2, 0.25) is 0 Å². The molecule has 3 atom stereocenters. The van der Waals surface area contributed by atoms with E-state index in [0.29, 0.717) is 5.37 Å². The molecule has 2 heterocycles. The summed E-state index contributed by atoms with van der Waals surface area (Å²) in [7, 11) is 3.19. The summed E-state index contributed by atoms with van der Waals surface area (Å²) < 4.78 is 11.6. The fraction of sp³-hybridized carbons (Fsp3) is 0.778. The van der Waals surface area contributed by atoms with E-state index in [1.807, 2.05) is 0 Å². The Morgan fingerprint density at radius 2 is 2.33 bits per heavy atom. The molecule has 86 valence electrons. The third-order valence-electron chi connectivity index (χ3n) is 2.77. The second-order valence-electron chi connectivity index (χ2n) is 3.41. The molecule has 2 aliphatic heterocycles. The summed E-state index contributed by atoms with van der Waals surface area (Å²) in [5, 5.41) is 0.337. The first-order chi connectivity index (χ1) is 7.24. The maximum atomic E-state index is 11.5. The predicted molar refractivity (Wildman–Crippen MR) is 62.7 cm³/mol. The number of carbonyl (C=O) groups is 1. The summed E-state index contributed by atoms with van der Waals surface area (Å²) in [5.41, 5.74) is 0. The van der Waals surface area contributed by atoms with Gasteiger partial charge < -0.3 is 0 Å². The van der Waals surface area contributed by atoms with Crippen LogP contribution in [-0.4, -0.2) is 67.4 Å². The van der Waals surface area contributed by atoms with Crippen molar-refractivity contribution in [1.29, 1.82) is 0 Å². The molecule has 15 heavy (non-hydrogen) atoms. The van der Waals surface area contributed by atoms with Crippen LogP contribution in [0.25, 0.3) is 0 Å². The topological polar surface area (TPSA) is 38.8 Å². The first-order valence-corrected chi connectivity index (χ1v) is 8.58. The van der Waals surface area contributed by atoms with Gasteiger partial charge in [0, 0.05) is 0 Å². The van der Waals surface area contributed by atoms with E-state index in [-0.39, 0.29) is 32.6 Å². The number of ether oxygens (including phenoxy) is 2. The number of rotatable bonds is 2. The molecule has 0 aromatic carbocycles. The van der Waals surface area contributed by atoms with Crippen LogP contribution in [0.5, 0.6) is 0 Å². The Bertz CT molecular complexity index is 310. The van der Waals surface area contributed by atoms with Crippen LogP contribution in [-0.2, 0) is 14.3 Å². The normalized spacial score (nSPS) is 38.1. The maximum absolute atomic E-state index is 11.5. The molecule has 0 amide bonds. The number of hydrogen-bond donors (Lipinski definition) is 0. The first kappa shape index (κ1) is 11.6. The van der Waals surface area contributed by atoms with E-state index in [1.165, 1.54) is 11.7 Å². The summed E-state index contributed by atoms with van der Waals surface area (Å²) in [6.45, 7) is 0. The van der Waals surface area contributed by atoms with Gasteiger partial charge in [-0.3, -0.25) is 0 Å². The van der Waals surface area contributed by atoms with E-state index in [9.17, 15) is 4.79 Å². The Kier molecular flexibility index (Phi) is 3.52. The van der Waals surface area contributed by atoms with Crippen molar-refractivity contribution in [1.82, 2.24) is 4.90 Å². The van der Waals surface area contributed by atoms with Crippen LogP contribution in [0.15, 0.2) is 0 Å². The van der Waals surface area contributed by atoms with E-state index >= 15 is 0 Å². The molecule has 0 saturated carbocycles. The van der Waals surface area contributed by atoms with Crippen molar-refractivity contribution in [3.63, 3.8) is 0 Å².